The minimum absolute atomic E-state index is 0.119. The Balaban J connectivity index is 1.40. The van der Waals surface area contributed by atoms with E-state index in [0.29, 0.717) is 62.4 Å². The first-order valence-electron chi connectivity index (χ1n) is 9.54. The molecule has 148 valence electrons. The second-order valence-corrected chi connectivity index (χ2v) is 7.29. The second-order valence-electron chi connectivity index (χ2n) is 7.29. The van der Waals surface area contributed by atoms with E-state index in [4.69, 9.17) is 13.9 Å². The Hall–Kier alpha value is -2.96. The van der Waals surface area contributed by atoms with E-state index in [1.807, 2.05) is 17.0 Å². The number of amides is 2. The van der Waals surface area contributed by atoms with Crippen LogP contribution < -0.4 is 14.8 Å². The fourth-order valence-electron chi connectivity index (χ4n) is 3.79. The van der Waals surface area contributed by atoms with Crippen LogP contribution in [0.15, 0.2) is 41.0 Å². The number of carbonyl (C=O) groups excluding carboxylic acids is 2. The first kappa shape index (κ1) is 18.4. The minimum Gasteiger partial charge on any atom is -0.497 e. The van der Waals surface area contributed by atoms with E-state index < -0.39 is 5.60 Å². The molecule has 0 unspecified atom stereocenters. The Morgan fingerprint density at radius 1 is 1.29 bits per heavy atom. The summed E-state index contributed by atoms with van der Waals surface area (Å²) in [6, 6.07) is 8.97. The number of rotatable bonds is 4. The number of fused-ring (bicyclic) bond motifs is 1. The van der Waals surface area contributed by atoms with Gasteiger partial charge >= 0.3 is 0 Å². The number of likely N-dealkylation sites (tertiary alicyclic amines) is 1. The third-order valence-electron chi connectivity index (χ3n) is 5.52. The first-order chi connectivity index (χ1) is 13.6. The van der Waals surface area contributed by atoms with E-state index in [2.05, 4.69) is 5.32 Å². The van der Waals surface area contributed by atoms with Gasteiger partial charge in [0.05, 0.1) is 25.5 Å². The monoisotopic (exact) mass is 384 g/mol. The van der Waals surface area contributed by atoms with Gasteiger partial charge in [-0.2, -0.15) is 0 Å². The van der Waals surface area contributed by atoms with Gasteiger partial charge in [-0.3, -0.25) is 9.59 Å². The molecule has 2 amide bonds. The SMILES string of the molecule is COc1ccc2c(c1)C(=O)NCC1(CCN(C(=O)CCc3ccco3)CC1)O2. The van der Waals surface area contributed by atoms with Crippen LogP contribution in [0.25, 0.3) is 0 Å². The number of nitrogens with one attached hydrogen (secondary N) is 1. The van der Waals surface area contributed by atoms with E-state index >= 15 is 0 Å². The lowest BCUT2D eigenvalue weighted by Gasteiger charge is -2.41. The summed E-state index contributed by atoms with van der Waals surface area (Å²) in [4.78, 5) is 26.8. The Labute approximate surface area is 163 Å². The van der Waals surface area contributed by atoms with Gasteiger partial charge in [-0.25, -0.2) is 0 Å². The predicted octanol–water partition coefficient (Wildman–Crippen LogP) is 2.40. The molecule has 4 rings (SSSR count). The highest BCUT2D eigenvalue weighted by Crippen LogP contribution is 2.34. The number of hydrogen-bond donors (Lipinski definition) is 1. The van der Waals surface area contributed by atoms with Crippen LogP contribution >= 0.6 is 0 Å². The quantitative estimate of drug-likeness (QED) is 0.876. The van der Waals surface area contributed by atoms with Gasteiger partial charge in [0.15, 0.2) is 0 Å². The highest BCUT2D eigenvalue weighted by molar-refractivity contribution is 5.97. The maximum Gasteiger partial charge on any atom is 0.255 e. The van der Waals surface area contributed by atoms with Crippen LogP contribution in [0.3, 0.4) is 0 Å². The number of benzene rings is 1. The Bertz CT molecular complexity index is 854. The molecule has 28 heavy (non-hydrogen) atoms. The van der Waals surface area contributed by atoms with Crippen LogP contribution in [0, 0.1) is 0 Å². The zero-order chi connectivity index (χ0) is 19.6. The molecule has 7 heteroatoms. The van der Waals surface area contributed by atoms with E-state index in [9.17, 15) is 9.59 Å². The van der Waals surface area contributed by atoms with Crippen molar-refractivity contribution in [2.45, 2.75) is 31.3 Å². The summed E-state index contributed by atoms with van der Waals surface area (Å²) in [6.07, 6.45) is 4.00. The fraction of sp³-hybridized carbons (Fsp3) is 0.429. The molecule has 2 aromatic rings. The van der Waals surface area contributed by atoms with Gasteiger partial charge in [0, 0.05) is 38.8 Å². The van der Waals surface area contributed by atoms with Gasteiger partial charge in [0.25, 0.3) is 5.91 Å². The van der Waals surface area contributed by atoms with Crippen molar-refractivity contribution in [3.63, 3.8) is 0 Å². The molecular formula is C21H24N2O5. The molecule has 0 atom stereocenters. The average Bonchev–Trinajstić information content (AvgIpc) is 3.20. The summed E-state index contributed by atoms with van der Waals surface area (Å²) in [5, 5.41) is 2.96. The number of hydrogen-bond acceptors (Lipinski definition) is 5. The van der Waals surface area contributed by atoms with Crippen molar-refractivity contribution in [1.29, 1.82) is 0 Å². The van der Waals surface area contributed by atoms with Crippen LogP contribution in [0.5, 0.6) is 11.5 Å². The molecule has 1 saturated heterocycles. The summed E-state index contributed by atoms with van der Waals surface area (Å²) in [5.41, 5.74) is -0.0130. The number of nitrogens with zero attached hydrogens (tertiary/aromatic N) is 1. The molecule has 0 radical (unpaired) electrons. The molecule has 1 aromatic heterocycles. The minimum atomic E-state index is -0.493. The van der Waals surface area contributed by atoms with Crippen LogP contribution in [0.4, 0.5) is 0 Å². The maximum atomic E-state index is 12.5. The lowest BCUT2D eigenvalue weighted by atomic mass is 9.90. The number of piperidine rings is 1. The molecule has 1 spiro atoms. The number of ether oxygens (including phenoxy) is 2. The highest BCUT2D eigenvalue weighted by Gasteiger charge is 2.41. The Morgan fingerprint density at radius 2 is 2.11 bits per heavy atom. The zero-order valence-electron chi connectivity index (χ0n) is 15.9. The molecule has 2 aliphatic heterocycles. The smallest absolute Gasteiger partial charge is 0.255 e. The number of carbonyl (C=O) groups is 2. The van der Waals surface area contributed by atoms with E-state index in [0.717, 1.165) is 5.76 Å². The van der Waals surface area contributed by atoms with E-state index in [-0.39, 0.29) is 11.8 Å². The second kappa shape index (κ2) is 7.58. The standard InChI is InChI=1S/C21H24N2O5/c1-26-16-4-6-18-17(13-16)20(25)22-14-21(28-18)8-10-23(11-9-21)19(24)7-5-15-3-2-12-27-15/h2-4,6,12-13H,5,7-11,14H2,1H3,(H,22,25). The summed E-state index contributed by atoms with van der Waals surface area (Å²) in [7, 11) is 1.57. The molecule has 1 N–H and O–H groups in total. The Kier molecular flexibility index (Phi) is 4.98. The van der Waals surface area contributed by atoms with E-state index in [1.54, 1.807) is 31.6 Å². The molecular weight excluding hydrogens is 360 g/mol. The van der Waals surface area contributed by atoms with Crippen molar-refractivity contribution in [2.75, 3.05) is 26.7 Å². The molecule has 3 heterocycles. The van der Waals surface area contributed by atoms with Crippen molar-refractivity contribution in [2.24, 2.45) is 0 Å². The van der Waals surface area contributed by atoms with E-state index in [1.165, 1.54) is 0 Å². The summed E-state index contributed by atoms with van der Waals surface area (Å²) >= 11 is 0. The summed E-state index contributed by atoms with van der Waals surface area (Å²) in [6.45, 7) is 1.65. The molecule has 0 bridgehead atoms. The van der Waals surface area contributed by atoms with Gasteiger partial charge in [-0.05, 0) is 30.3 Å². The van der Waals surface area contributed by atoms with Crippen LogP contribution in [0.2, 0.25) is 0 Å². The van der Waals surface area contributed by atoms with Gasteiger partial charge in [0.1, 0.15) is 22.9 Å². The largest absolute Gasteiger partial charge is 0.497 e. The number of furan rings is 1. The molecule has 1 fully saturated rings. The zero-order valence-corrected chi connectivity index (χ0v) is 15.9. The van der Waals surface area contributed by atoms with Gasteiger partial charge in [-0.15, -0.1) is 0 Å². The third-order valence-corrected chi connectivity index (χ3v) is 5.52. The van der Waals surface area contributed by atoms with Crippen LogP contribution in [-0.4, -0.2) is 49.1 Å². The first-order valence-corrected chi connectivity index (χ1v) is 9.54. The van der Waals surface area contributed by atoms with Gasteiger partial charge < -0.3 is 24.1 Å². The summed E-state index contributed by atoms with van der Waals surface area (Å²) < 4.78 is 16.8. The lowest BCUT2D eigenvalue weighted by Crippen LogP contribution is -2.54. The molecule has 1 aromatic carbocycles. The highest BCUT2D eigenvalue weighted by atomic mass is 16.5. The molecule has 7 nitrogen and oxygen atoms in total. The summed E-state index contributed by atoms with van der Waals surface area (Å²) in [5.74, 6) is 1.96. The number of aryl methyl sites for hydroxylation is 1. The third kappa shape index (κ3) is 3.69. The topological polar surface area (TPSA) is 81.0 Å². The van der Waals surface area contributed by atoms with Crippen molar-refractivity contribution in [3.05, 3.63) is 47.9 Å². The lowest BCUT2D eigenvalue weighted by molar-refractivity contribution is -0.134. The van der Waals surface area contributed by atoms with Crippen LogP contribution in [0.1, 0.15) is 35.4 Å². The van der Waals surface area contributed by atoms with Gasteiger partial charge in [-0.1, -0.05) is 0 Å². The maximum absolute atomic E-state index is 12.5. The van der Waals surface area contributed by atoms with Crippen LogP contribution in [-0.2, 0) is 11.2 Å². The number of methoxy groups -OCH3 is 1. The fourth-order valence-corrected chi connectivity index (χ4v) is 3.79. The van der Waals surface area contributed by atoms with Gasteiger partial charge in [0.2, 0.25) is 5.91 Å². The molecule has 2 aliphatic rings. The van der Waals surface area contributed by atoms with Crippen molar-refractivity contribution >= 4 is 11.8 Å². The van der Waals surface area contributed by atoms with Crippen molar-refractivity contribution < 1.29 is 23.5 Å². The molecule has 0 saturated carbocycles. The predicted molar refractivity (Wildman–Crippen MR) is 102 cm³/mol. The molecule has 0 aliphatic carbocycles. The van der Waals surface area contributed by atoms with Crippen molar-refractivity contribution in [1.82, 2.24) is 10.2 Å². The Morgan fingerprint density at radius 3 is 2.82 bits per heavy atom. The average molecular weight is 384 g/mol. The normalized spacial score (nSPS) is 18.0. The van der Waals surface area contributed by atoms with Crippen molar-refractivity contribution in [3.8, 4) is 11.5 Å².